The monoisotopic (exact) mass is 331 g/mol. The molecule has 0 spiro atoms. The number of hydrogen-bond donors (Lipinski definition) is 0. The van der Waals surface area contributed by atoms with E-state index in [0.29, 0.717) is 6.20 Å². The van der Waals surface area contributed by atoms with Gasteiger partial charge in [0.2, 0.25) is 0 Å². The molecule has 0 aliphatic carbocycles. The predicted molar refractivity (Wildman–Crippen MR) is 53.3 cm³/mol. The van der Waals surface area contributed by atoms with Crippen LogP contribution in [-0.2, 0) is 10.9 Å². The van der Waals surface area contributed by atoms with Crippen LogP contribution in [0.25, 0.3) is 0 Å². The largest absolute Gasteiger partial charge is 0.465 e. The first-order valence-electron chi connectivity index (χ1n) is 3.67. The summed E-state index contributed by atoms with van der Waals surface area (Å²) in [6.07, 6.45) is -2.84. The van der Waals surface area contributed by atoms with Crippen LogP contribution in [0.3, 0.4) is 0 Å². The molecule has 0 amide bonds. The molecule has 0 saturated heterocycles. The SMILES string of the molecule is COC(=O)c1c(I)cncc1C(F)(F)F. The fourth-order valence-corrected chi connectivity index (χ4v) is 1.63. The highest BCUT2D eigenvalue weighted by molar-refractivity contribution is 14.1. The molecule has 0 atom stereocenters. The fourth-order valence-electron chi connectivity index (χ4n) is 0.959. The molecule has 1 aromatic heterocycles. The average Bonchev–Trinajstić information content (AvgIpc) is 2.15. The van der Waals surface area contributed by atoms with Crippen molar-refractivity contribution in [3.8, 4) is 0 Å². The van der Waals surface area contributed by atoms with Crippen molar-refractivity contribution in [2.24, 2.45) is 0 Å². The average molecular weight is 331 g/mol. The zero-order valence-corrected chi connectivity index (χ0v) is 9.59. The molecule has 0 saturated carbocycles. The van der Waals surface area contributed by atoms with Gasteiger partial charge in [0.05, 0.1) is 18.2 Å². The van der Waals surface area contributed by atoms with Crippen LogP contribution in [0, 0.1) is 3.57 Å². The fraction of sp³-hybridized carbons (Fsp3) is 0.250. The van der Waals surface area contributed by atoms with Gasteiger partial charge >= 0.3 is 12.1 Å². The van der Waals surface area contributed by atoms with Crippen molar-refractivity contribution in [1.82, 2.24) is 4.98 Å². The number of rotatable bonds is 1. The molecule has 15 heavy (non-hydrogen) atoms. The molecule has 1 rings (SSSR count). The van der Waals surface area contributed by atoms with E-state index >= 15 is 0 Å². The summed E-state index contributed by atoms with van der Waals surface area (Å²) in [7, 11) is 1.03. The Hall–Kier alpha value is -0.860. The topological polar surface area (TPSA) is 39.2 Å². The van der Waals surface area contributed by atoms with Gasteiger partial charge in [0.25, 0.3) is 0 Å². The summed E-state index contributed by atoms with van der Waals surface area (Å²) in [6.45, 7) is 0. The smallest absolute Gasteiger partial charge is 0.418 e. The van der Waals surface area contributed by atoms with Crippen LogP contribution in [-0.4, -0.2) is 18.1 Å². The van der Waals surface area contributed by atoms with E-state index in [1.165, 1.54) is 6.20 Å². The van der Waals surface area contributed by atoms with Gasteiger partial charge in [-0.3, -0.25) is 4.98 Å². The van der Waals surface area contributed by atoms with Gasteiger partial charge in [-0.1, -0.05) is 0 Å². The number of esters is 1. The molecule has 0 radical (unpaired) electrons. The van der Waals surface area contributed by atoms with Crippen molar-refractivity contribution in [3.05, 3.63) is 27.1 Å². The zero-order chi connectivity index (χ0) is 11.6. The van der Waals surface area contributed by atoms with Crippen LogP contribution < -0.4 is 0 Å². The van der Waals surface area contributed by atoms with Crippen LogP contribution in [0.4, 0.5) is 13.2 Å². The number of carbonyl (C=O) groups is 1. The predicted octanol–water partition coefficient (Wildman–Crippen LogP) is 2.49. The van der Waals surface area contributed by atoms with Crippen molar-refractivity contribution >= 4 is 28.6 Å². The van der Waals surface area contributed by atoms with Crippen LogP contribution in [0.15, 0.2) is 12.4 Å². The van der Waals surface area contributed by atoms with Gasteiger partial charge in [-0.15, -0.1) is 0 Å². The number of aromatic nitrogens is 1. The quantitative estimate of drug-likeness (QED) is 0.586. The third kappa shape index (κ3) is 2.58. The minimum atomic E-state index is -4.61. The first-order valence-corrected chi connectivity index (χ1v) is 4.74. The molecule has 0 aliphatic rings. The lowest BCUT2D eigenvalue weighted by atomic mass is 10.1. The number of alkyl halides is 3. The lowest BCUT2D eigenvalue weighted by molar-refractivity contribution is -0.138. The molecule has 0 bridgehead atoms. The first kappa shape index (κ1) is 12.2. The maximum atomic E-state index is 12.5. The Labute approximate surface area is 96.8 Å². The third-order valence-corrected chi connectivity index (χ3v) is 2.41. The number of ether oxygens (including phenoxy) is 1. The summed E-state index contributed by atoms with van der Waals surface area (Å²) < 4.78 is 41.8. The molecule has 0 aromatic carbocycles. The van der Waals surface area contributed by atoms with Gasteiger partial charge in [-0.05, 0) is 22.6 Å². The molecule has 0 unspecified atom stereocenters. The van der Waals surface area contributed by atoms with Crippen molar-refractivity contribution in [2.75, 3.05) is 7.11 Å². The Kier molecular flexibility index (Phi) is 3.53. The third-order valence-electron chi connectivity index (χ3n) is 1.59. The van der Waals surface area contributed by atoms with Gasteiger partial charge in [0.1, 0.15) is 0 Å². The van der Waals surface area contributed by atoms with E-state index in [1.54, 1.807) is 22.6 Å². The Morgan fingerprint density at radius 2 is 2.07 bits per heavy atom. The minimum Gasteiger partial charge on any atom is -0.465 e. The Bertz CT molecular complexity index is 392. The number of halogens is 4. The molecule has 1 heterocycles. The second-order valence-corrected chi connectivity index (χ2v) is 3.70. The molecule has 1 aromatic rings. The zero-order valence-electron chi connectivity index (χ0n) is 7.43. The van der Waals surface area contributed by atoms with E-state index < -0.39 is 23.3 Å². The van der Waals surface area contributed by atoms with E-state index in [9.17, 15) is 18.0 Å². The summed E-state index contributed by atoms with van der Waals surface area (Å²) in [5.41, 5.74) is -1.58. The summed E-state index contributed by atoms with van der Waals surface area (Å²) in [5, 5.41) is 0. The highest BCUT2D eigenvalue weighted by Crippen LogP contribution is 2.33. The van der Waals surface area contributed by atoms with Gasteiger partial charge in [0.15, 0.2) is 0 Å². The second-order valence-electron chi connectivity index (χ2n) is 2.53. The van der Waals surface area contributed by atoms with E-state index in [4.69, 9.17) is 0 Å². The first-order chi connectivity index (χ1) is 6.88. The summed E-state index contributed by atoms with van der Waals surface area (Å²) >= 11 is 1.60. The van der Waals surface area contributed by atoms with Gasteiger partial charge in [-0.25, -0.2) is 4.79 Å². The van der Waals surface area contributed by atoms with Crippen LogP contribution in [0.1, 0.15) is 15.9 Å². The van der Waals surface area contributed by atoms with Crippen LogP contribution in [0.5, 0.6) is 0 Å². The van der Waals surface area contributed by atoms with E-state index in [2.05, 4.69) is 9.72 Å². The lowest BCUT2D eigenvalue weighted by Crippen LogP contribution is -2.16. The number of nitrogens with zero attached hydrogens (tertiary/aromatic N) is 1. The van der Waals surface area contributed by atoms with Gasteiger partial charge in [-0.2, -0.15) is 13.2 Å². The standard InChI is InChI=1S/C8H5F3INO2/c1-15-7(14)6-4(8(9,10)11)2-13-3-5(6)12/h2-3H,1H3. The normalized spacial score (nSPS) is 11.3. The van der Waals surface area contributed by atoms with Crippen molar-refractivity contribution in [2.45, 2.75) is 6.18 Å². The Balaban J connectivity index is 3.40. The summed E-state index contributed by atoms with van der Waals surface area (Å²) in [4.78, 5) is 14.5. The van der Waals surface area contributed by atoms with Crippen molar-refractivity contribution in [1.29, 1.82) is 0 Å². The van der Waals surface area contributed by atoms with Gasteiger partial charge in [0, 0.05) is 16.0 Å². The summed E-state index contributed by atoms with van der Waals surface area (Å²) in [5.74, 6) is -1.02. The molecule has 0 fully saturated rings. The molecular weight excluding hydrogens is 326 g/mol. The summed E-state index contributed by atoms with van der Waals surface area (Å²) in [6, 6.07) is 0. The lowest BCUT2D eigenvalue weighted by Gasteiger charge is -2.11. The second kappa shape index (κ2) is 4.33. The number of methoxy groups -OCH3 is 1. The number of pyridine rings is 1. The molecular formula is C8H5F3INO2. The Morgan fingerprint density at radius 3 is 2.53 bits per heavy atom. The van der Waals surface area contributed by atoms with E-state index in [-0.39, 0.29) is 3.57 Å². The van der Waals surface area contributed by atoms with Crippen LogP contribution in [0.2, 0.25) is 0 Å². The molecule has 7 heteroatoms. The highest BCUT2D eigenvalue weighted by atomic mass is 127. The number of hydrogen-bond acceptors (Lipinski definition) is 3. The highest BCUT2D eigenvalue weighted by Gasteiger charge is 2.37. The van der Waals surface area contributed by atoms with E-state index in [1.807, 2.05) is 0 Å². The van der Waals surface area contributed by atoms with Crippen molar-refractivity contribution < 1.29 is 22.7 Å². The maximum Gasteiger partial charge on any atom is 0.418 e. The number of carbonyl (C=O) groups excluding carboxylic acids is 1. The van der Waals surface area contributed by atoms with Crippen LogP contribution >= 0.6 is 22.6 Å². The molecule has 3 nitrogen and oxygen atoms in total. The van der Waals surface area contributed by atoms with Gasteiger partial charge < -0.3 is 4.74 Å². The molecule has 82 valence electrons. The molecule has 0 N–H and O–H groups in total. The van der Waals surface area contributed by atoms with E-state index in [0.717, 1.165) is 7.11 Å². The minimum absolute atomic E-state index is 0.106. The maximum absolute atomic E-state index is 12.5. The molecule has 0 aliphatic heterocycles. The van der Waals surface area contributed by atoms with Crippen molar-refractivity contribution in [3.63, 3.8) is 0 Å². The Morgan fingerprint density at radius 1 is 1.47 bits per heavy atom.